The van der Waals surface area contributed by atoms with E-state index in [2.05, 4.69) is 10.6 Å². The SMILES string of the molecule is Cc1ccc(CN/C=C(/C#N)C(=O)NC(C)C)cc1. The molecule has 0 atom stereocenters. The summed E-state index contributed by atoms with van der Waals surface area (Å²) in [5.74, 6) is -0.353. The van der Waals surface area contributed by atoms with Gasteiger partial charge < -0.3 is 10.6 Å². The third kappa shape index (κ3) is 5.26. The number of benzene rings is 1. The van der Waals surface area contributed by atoms with E-state index in [-0.39, 0.29) is 17.5 Å². The lowest BCUT2D eigenvalue weighted by molar-refractivity contribution is -0.117. The van der Waals surface area contributed by atoms with E-state index >= 15 is 0 Å². The molecule has 1 amide bonds. The highest BCUT2D eigenvalue weighted by Gasteiger charge is 2.09. The first-order valence-electron chi connectivity index (χ1n) is 6.23. The molecule has 0 spiro atoms. The van der Waals surface area contributed by atoms with Crippen LogP contribution in [0.3, 0.4) is 0 Å². The Morgan fingerprint density at radius 3 is 2.53 bits per heavy atom. The second-order valence-corrected chi connectivity index (χ2v) is 4.66. The zero-order chi connectivity index (χ0) is 14.3. The number of hydrogen-bond acceptors (Lipinski definition) is 3. The van der Waals surface area contributed by atoms with Crippen LogP contribution in [0, 0.1) is 18.3 Å². The van der Waals surface area contributed by atoms with Crippen molar-refractivity contribution in [3.8, 4) is 6.07 Å². The van der Waals surface area contributed by atoms with Gasteiger partial charge in [-0.15, -0.1) is 0 Å². The summed E-state index contributed by atoms with van der Waals surface area (Å²) in [5, 5.41) is 14.6. The number of hydrogen-bond donors (Lipinski definition) is 2. The minimum absolute atomic E-state index is 0.0151. The molecular weight excluding hydrogens is 238 g/mol. The Hall–Kier alpha value is -2.28. The number of rotatable bonds is 5. The van der Waals surface area contributed by atoms with Crippen molar-refractivity contribution < 1.29 is 4.79 Å². The van der Waals surface area contributed by atoms with E-state index < -0.39 is 0 Å². The maximum atomic E-state index is 11.6. The maximum absolute atomic E-state index is 11.6. The lowest BCUT2D eigenvalue weighted by atomic mass is 10.1. The van der Waals surface area contributed by atoms with Crippen molar-refractivity contribution in [2.75, 3.05) is 0 Å². The van der Waals surface area contributed by atoms with Gasteiger partial charge in [0.1, 0.15) is 11.6 Å². The molecule has 0 fully saturated rings. The molecule has 1 aromatic carbocycles. The summed E-state index contributed by atoms with van der Waals surface area (Å²) in [4.78, 5) is 11.6. The summed E-state index contributed by atoms with van der Waals surface area (Å²) in [6, 6.07) is 9.98. The first-order valence-corrected chi connectivity index (χ1v) is 6.23. The molecule has 0 saturated carbocycles. The van der Waals surface area contributed by atoms with Crippen LogP contribution in [0.2, 0.25) is 0 Å². The predicted molar refractivity (Wildman–Crippen MR) is 75.0 cm³/mol. The van der Waals surface area contributed by atoms with Crippen molar-refractivity contribution in [3.05, 3.63) is 47.2 Å². The Kier molecular flexibility index (Phi) is 5.62. The van der Waals surface area contributed by atoms with Crippen molar-refractivity contribution in [2.45, 2.75) is 33.4 Å². The third-order valence-electron chi connectivity index (χ3n) is 2.46. The van der Waals surface area contributed by atoms with Gasteiger partial charge in [0.25, 0.3) is 5.91 Å². The Bertz CT molecular complexity index is 495. The van der Waals surface area contributed by atoms with Crippen LogP contribution in [-0.4, -0.2) is 11.9 Å². The van der Waals surface area contributed by atoms with Gasteiger partial charge in [0.15, 0.2) is 0 Å². The summed E-state index contributed by atoms with van der Waals surface area (Å²) >= 11 is 0. The van der Waals surface area contributed by atoms with Gasteiger partial charge in [0, 0.05) is 18.8 Å². The fourth-order valence-corrected chi connectivity index (χ4v) is 1.47. The van der Waals surface area contributed by atoms with E-state index in [0.29, 0.717) is 6.54 Å². The molecule has 19 heavy (non-hydrogen) atoms. The summed E-state index contributed by atoms with van der Waals surface area (Å²) in [6.45, 7) is 6.32. The lowest BCUT2D eigenvalue weighted by Gasteiger charge is -2.07. The molecule has 0 aliphatic rings. The lowest BCUT2D eigenvalue weighted by Crippen LogP contribution is -2.31. The molecule has 4 nitrogen and oxygen atoms in total. The summed E-state index contributed by atoms with van der Waals surface area (Å²) in [6.07, 6.45) is 1.46. The molecule has 0 aliphatic heterocycles. The third-order valence-corrected chi connectivity index (χ3v) is 2.46. The van der Waals surface area contributed by atoms with Crippen LogP contribution in [-0.2, 0) is 11.3 Å². The summed E-state index contributed by atoms with van der Waals surface area (Å²) < 4.78 is 0. The second-order valence-electron chi connectivity index (χ2n) is 4.66. The van der Waals surface area contributed by atoms with Crippen LogP contribution in [0.1, 0.15) is 25.0 Å². The van der Waals surface area contributed by atoms with Crippen LogP contribution in [0.4, 0.5) is 0 Å². The van der Waals surface area contributed by atoms with E-state index in [1.807, 2.05) is 51.1 Å². The van der Waals surface area contributed by atoms with E-state index in [9.17, 15) is 4.79 Å². The van der Waals surface area contributed by atoms with Crippen molar-refractivity contribution in [2.24, 2.45) is 0 Å². The molecular formula is C15H19N3O. The standard InChI is InChI=1S/C15H19N3O/c1-11(2)18-15(19)14(8-16)10-17-9-13-6-4-12(3)5-7-13/h4-7,10-11,17H,9H2,1-3H3,(H,18,19)/b14-10-. The van der Waals surface area contributed by atoms with Gasteiger partial charge in [-0.2, -0.15) is 5.26 Å². The molecule has 100 valence electrons. The highest BCUT2D eigenvalue weighted by Crippen LogP contribution is 2.02. The predicted octanol–water partition coefficient (Wildman–Crippen LogP) is 2.02. The molecule has 2 N–H and O–H groups in total. The van der Waals surface area contributed by atoms with E-state index in [1.54, 1.807) is 0 Å². The van der Waals surface area contributed by atoms with Gasteiger partial charge in [-0.3, -0.25) is 4.79 Å². The second kappa shape index (κ2) is 7.22. The van der Waals surface area contributed by atoms with Gasteiger partial charge in [-0.05, 0) is 26.3 Å². The van der Waals surface area contributed by atoms with Gasteiger partial charge in [0.2, 0.25) is 0 Å². The van der Waals surface area contributed by atoms with Crippen LogP contribution in [0.25, 0.3) is 0 Å². The molecule has 0 saturated heterocycles. The fourth-order valence-electron chi connectivity index (χ4n) is 1.47. The molecule has 0 heterocycles. The molecule has 0 aromatic heterocycles. The van der Waals surface area contributed by atoms with Crippen molar-refractivity contribution in [1.82, 2.24) is 10.6 Å². The number of carbonyl (C=O) groups is 1. The Morgan fingerprint density at radius 1 is 1.37 bits per heavy atom. The average molecular weight is 257 g/mol. The zero-order valence-electron chi connectivity index (χ0n) is 11.5. The number of nitriles is 1. The molecule has 0 aliphatic carbocycles. The summed E-state index contributed by atoms with van der Waals surface area (Å²) in [7, 11) is 0. The van der Waals surface area contributed by atoms with Gasteiger partial charge in [0.05, 0.1) is 0 Å². The van der Waals surface area contributed by atoms with Crippen molar-refractivity contribution in [3.63, 3.8) is 0 Å². The van der Waals surface area contributed by atoms with Gasteiger partial charge in [-0.25, -0.2) is 0 Å². The van der Waals surface area contributed by atoms with Crippen LogP contribution in [0.15, 0.2) is 36.0 Å². The van der Waals surface area contributed by atoms with E-state index in [0.717, 1.165) is 5.56 Å². The number of aryl methyl sites for hydroxylation is 1. The smallest absolute Gasteiger partial charge is 0.263 e. The minimum Gasteiger partial charge on any atom is -0.386 e. The molecule has 1 rings (SSSR count). The largest absolute Gasteiger partial charge is 0.386 e. The van der Waals surface area contributed by atoms with Crippen LogP contribution < -0.4 is 10.6 Å². The van der Waals surface area contributed by atoms with Gasteiger partial charge >= 0.3 is 0 Å². The van der Waals surface area contributed by atoms with Crippen molar-refractivity contribution >= 4 is 5.91 Å². The van der Waals surface area contributed by atoms with Crippen LogP contribution in [0.5, 0.6) is 0 Å². The Labute approximate surface area is 114 Å². The molecule has 0 radical (unpaired) electrons. The first kappa shape index (κ1) is 14.8. The van der Waals surface area contributed by atoms with E-state index in [1.165, 1.54) is 11.8 Å². The molecule has 0 bridgehead atoms. The quantitative estimate of drug-likeness (QED) is 0.626. The van der Waals surface area contributed by atoms with Crippen molar-refractivity contribution in [1.29, 1.82) is 5.26 Å². The number of nitrogens with one attached hydrogen (secondary N) is 2. The number of nitrogens with zero attached hydrogens (tertiary/aromatic N) is 1. The fraction of sp³-hybridized carbons (Fsp3) is 0.333. The average Bonchev–Trinajstić information content (AvgIpc) is 2.36. The first-order chi connectivity index (χ1) is 9.02. The molecule has 1 aromatic rings. The Morgan fingerprint density at radius 2 is 2.00 bits per heavy atom. The topological polar surface area (TPSA) is 64.9 Å². The minimum atomic E-state index is -0.353. The number of carbonyl (C=O) groups excluding carboxylic acids is 1. The zero-order valence-corrected chi connectivity index (χ0v) is 11.5. The maximum Gasteiger partial charge on any atom is 0.263 e. The highest BCUT2D eigenvalue weighted by molar-refractivity contribution is 5.97. The van der Waals surface area contributed by atoms with Crippen LogP contribution >= 0.6 is 0 Å². The monoisotopic (exact) mass is 257 g/mol. The molecule has 0 unspecified atom stereocenters. The highest BCUT2D eigenvalue weighted by atomic mass is 16.1. The summed E-state index contributed by atoms with van der Waals surface area (Å²) in [5.41, 5.74) is 2.39. The Balaban J connectivity index is 2.56. The number of amides is 1. The van der Waals surface area contributed by atoms with E-state index in [4.69, 9.17) is 5.26 Å². The normalized spacial score (nSPS) is 11.0. The van der Waals surface area contributed by atoms with Gasteiger partial charge in [-0.1, -0.05) is 29.8 Å². The molecule has 4 heteroatoms.